The first-order chi connectivity index (χ1) is 10.6. The maximum Gasteiger partial charge on any atom is 0.163 e. The van der Waals surface area contributed by atoms with Gasteiger partial charge < -0.3 is 19.8 Å². The minimum absolute atomic E-state index is 0.193. The molecule has 2 aromatic rings. The lowest BCUT2D eigenvalue weighted by atomic mass is 10.0. The van der Waals surface area contributed by atoms with E-state index in [4.69, 9.17) is 20.2 Å². The molecule has 22 heavy (non-hydrogen) atoms. The van der Waals surface area contributed by atoms with Crippen molar-refractivity contribution in [3.8, 4) is 11.5 Å². The van der Waals surface area contributed by atoms with Crippen LogP contribution in [0.1, 0.15) is 51.4 Å². The van der Waals surface area contributed by atoms with Crippen molar-refractivity contribution in [1.82, 2.24) is 9.55 Å². The summed E-state index contributed by atoms with van der Waals surface area (Å²) in [5, 5.41) is 0. The van der Waals surface area contributed by atoms with Crippen LogP contribution in [0.25, 0.3) is 11.0 Å². The van der Waals surface area contributed by atoms with Crippen LogP contribution in [0.5, 0.6) is 11.5 Å². The van der Waals surface area contributed by atoms with Gasteiger partial charge in [-0.1, -0.05) is 13.8 Å². The number of hydrogen-bond donors (Lipinski definition) is 1. The van der Waals surface area contributed by atoms with Crippen LogP contribution in [0.2, 0.25) is 0 Å². The van der Waals surface area contributed by atoms with Gasteiger partial charge in [-0.3, -0.25) is 0 Å². The van der Waals surface area contributed by atoms with Crippen LogP contribution in [0.3, 0.4) is 0 Å². The molecule has 0 fully saturated rings. The Morgan fingerprint density at radius 3 is 2.23 bits per heavy atom. The smallest absolute Gasteiger partial charge is 0.163 e. The lowest BCUT2D eigenvalue weighted by Crippen LogP contribution is -2.19. The van der Waals surface area contributed by atoms with Crippen molar-refractivity contribution in [2.24, 2.45) is 5.73 Å². The molecule has 1 aromatic heterocycles. The zero-order valence-electron chi connectivity index (χ0n) is 14.2. The standard InChI is InChI=1S/C17H27N3O2/c1-6-12(7-2)17-19-13-8-15(21-4)16(22-5)9-14(13)20(17)11(3)10-18/h8-9,11-12H,6-7,10,18H2,1-5H3. The molecule has 0 aliphatic carbocycles. The van der Waals surface area contributed by atoms with Gasteiger partial charge in [0.05, 0.1) is 25.3 Å². The monoisotopic (exact) mass is 305 g/mol. The number of nitrogens with zero attached hydrogens (tertiary/aromatic N) is 2. The summed E-state index contributed by atoms with van der Waals surface area (Å²) in [6, 6.07) is 4.14. The Labute approximate surface area is 132 Å². The molecule has 0 aliphatic rings. The van der Waals surface area contributed by atoms with Crippen molar-refractivity contribution in [1.29, 1.82) is 0 Å². The maximum absolute atomic E-state index is 5.93. The summed E-state index contributed by atoms with van der Waals surface area (Å²) in [7, 11) is 3.30. The molecule has 2 N–H and O–H groups in total. The number of ether oxygens (including phenoxy) is 2. The van der Waals surface area contributed by atoms with E-state index in [9.17, 15) is 0 Å². The number of methoxy groups -OCH3 is 2. The van der Waals surface area contributed by atoms with Crippen LogP contribution in [0.4, 0.5) is 0 Å². The van der Waals surface area contributed by atoms with Gasteiger partial charge in [0, 0.05) is 30.6 Å². The number of fused-ring (bicyclic) bond motifs is 1. The quantitative estimate of drug-likeness (QED) is 0.850. The fraction of sp³-hybridized carbons (Fsp3) is 0.588. The Hall–Kier alpha value is -1.75. The zero-order chi connectivity index (χ0) is 16.3. The molecule has 0 saturated carbocycles. The highest BCUT2D eigenvalue weighted by Crippen LogP contribution is 2.36. The summed E-state index contributed by atoms with van der Waals surface area (Å²) in [5.74, 6) is 2.96. The van der Waals surface area contributed by atoms with E-state index in [1.165, 1.54) is 0 Å². The third-order valence-electron chi connectivity index (χ3n) is 4.35. The number of imidazole rings is 1. The van der Waals surface area contributed by atoms with Crippen LogP contribution in [0.15, 0.2) is 12.1 Å². The van der Waals surface area contributed by atoms with E-state index in [-0.39, 0.29) is 6.04 Å². The van der Waals surface area contributed by atoms with Gasteiger partial charge in [0.15, 0.2) is 11.5 Å². The number of benzene rings is 1. The normalized spacial score (nSPS) is 12.9. The van der Waals surface area contributed by atoms with E-state index in [0.29, 0.717) is 18.2 Å². The topological polar surface area (TPSA) is 62.3 Å². The second-order valence-corrected chi connectivity index (χ2v) is 5.63. The first-order valence-electron chi connectivity index (χ1n) is 7.95. The molecule has 122 valence electrons. The third kappa shape index (κ3) is 2.77. The van der Waals surface area contributed by atoms with E-state index in [1.807, 2.05) is 12.1 Å². The number of hydrogen-bond acceptors (Lipinski definition) is 4. The molecule has 5 heteroatoms. The summed E-state index contributed by atoms with van der Waals surface area (Å²) in [5.41, 5.74) is 7.91. The molecule has 1 atom stereocenters. The van der Waals surface area contributed by atoms with Crippen molar-refractivity contribution in [3.63, 3.8) is 0 Å². The van der Waals surface area contributed by atoms with Crippen LogP contribution < -0.4 is 15.2 Å². The van der Waals surface area contributed by atoms with E-state index >= 15 is 0 Å². The average Bonchev–Trinajstić information content (AvgIpc) is 2.91. The number of nitrogens with two attached hydrogens (primary N) is 1. The van der Waals surface area contributed by atoms with Gasteiger partial charge in [-0.05, 0) is 19.8 Å². The Morgan fingerprint density at radius 2 is 1.73 bits per heavy atom. The Bertz CT molecular complexity index is 632. The number of rotatable bonds is 7. The molecule has 0 radical (unpaired) electrons. The van der Waals surface area contributed by atoms with Crippen LogP contribution in [0, 0.1) is 0 Å². The molecule has 1 heterocycles. The second-order valence-electron chi connectivity index (χ2n) is 5.63. The summed E-state index contributed by atoms with van der Waals surface area (Å²) in [6.07, 6.45) is 2.12. The lowest BCUT2D eigenvalue weighted by molar-refractivity contribution is 0.355. The minimum Gasteiger partial charge on any atom is -0.493 e. The summed E-state index contributed by atoms with van der Waals surface area (Å²) in [6.45, 7) is 7.11. The molecule has 0 saturated heterocycles. The molecule has 1 aromatic carbocycles. The van der Waals surface area contributed by atoms with Crippen molar-refractivity contribution in [2.45, 2.75) is 45.6 Å². The van der Waals surface area contributed by atoms with Gasteiger partial charge in [-0.15, -0.1) is 0 Å². The number of aromatic nitrogens is 2. The van der Waals surface area contributed by atoms with Crippen molar-refractivity contribution in [3.05, 3.63) is 18.0 Å². The maximum atomic E-state index is 5.93. The van der Waals surface area contributed by atoms with Gasteiger partial charge in [0.1, 0.15) is 5.82 Å². The van der Waals surface area contributed by atoms with E-state index in [0.717, 1.165) is 35.4 Å². The van der Waals surface area contributed by atoms with Crippen LogP contribution in [-0.4, -0.2) is 30.3 Å². The minimum atomic E-state index is 0.193. The largest absolute Gasteiger partial charge is 0.493 e. The van der Waals surface area contributed by atoms with Crippen molar-refractivity contribution in [2.75, 3.05) is 20.8 Å². The molecular formula is C17H27N3O2. The van der Waals surface area contributed by atoms with Crippen LogP contribution >= 0.6 is 0 Å². The Kier molecular flexibility index (Phi) is 5.29. The van der Waals surface area contributed by atoms with Gasteiger partial charge in [0.2, 0.25) is 0 Å². The molecule has 0 aliphatic heterocycles. The third-order valence-corrected chi connectivity index (χ3v) is 4.35. The molecule has 0 bridgehead atoms. The second kappa shape index (κ2) is 7.01. The Morgan fingerprint density at radius 1 is 1.14 bits per heavy atom. The highest BCUT2D eigenvalue weighted by molar-refractivity contribution is 5.81. The fourth-order valence-electron chi connectivity index (χ4n) is 2.95. The lowest BCUT2D eigenvalue weighted by Gasteiger charge is -2.20. The highest BCUT2D eigenvalue weighted by atomic mass is 16.5. The van der Waals surface area contributed by atoms with E-state index in [2.05, 4.69) is 25.3 Å². The van der Waals surface area contributed by atoms with Gasteiger partial charge in [-0.2, -0.15) is 0 Å². The molecular weight excluding hydrogens is 278 g/mol. The van der Waals surface area contributed by atoms with Crippen molar-refractivity contribution >= 4 is 11.0 Å². The molecule has 1 unspecified atom stereocenters. The highest BCUT2D eigenvalue weighted by Gasteiger charge is 2.22. The van der Waals surface area contributed by atoms with Gasteiger partial charge in [0.25, 0.3) is 0 Å². The predicted molar refractivity (Wildman–Crippen MR) is 89.9 cm³/mol. The molecule has 2 rings (SSSR count). The summed E-state index contributed by atoms with van der Waals surface area (Å²) in [4.78, 5) is 4.88. The fourth-order valence-corrected chi connectivity index (χ4v) is 2.95. The summed E-state index contributed by atoms with van der Waals surface area (Å²) < 4.78 is 13.1. The first-order valence-corrected chi connectivity index (χ1v) is 7.95. The molecule has 0 amide bonds. The van der Waals surface area contributed by atoms with Gasteiger partial charge >= 0.3 is 0 Å². The van der Waals surface area contributed by atoms with Crippen molar-refractivity contribution < 1.29 is 9.47 Å². The Balaban J connectivity index is 2.74. The average molecular weight is 305 g/mol. The van der Waals surface area contributed by atoms with Gasteiger partial charge in [-0.25, -0.2) is 4.98 Å². The first kappa shape index (κ1) is 16.6. The SMILES string of the molecule is CCC(CC)c1nc2cc(OC)c(OC)cc2n1C(C)CN. The van der Waals surface area contributed by atoms with E-state index < -0.39 is 0 Å². The van der Waals surface area contributed by atoms with E-state index in [1.54, 1.807) is 14.2 Å². The molecule has 0 spiro atoms. The van der Waals surface area contributed by atoms with Crippen LogP contribution in [-0.2, 0) is 0 Å². The zero-order valence-corrected chi connectivity index (χ0v) is 14.2. The summed E-state index contributed by atoms with van der Waals surface area (Å²) >= 11 is 0. The molecule has 5 nitrogen and oxygen atoms in total. The predicted octanol–water partition coefficient (Wildman–Crippen LogP) is 3.48.